The van der Waals surface area contributed by atoms with Crippen molar-refractivity contribution in [2.24, 2.45) is 5.92 Å². The fraction of sp³-hybridized carbons (Fsp3) is 0.438. The SMILES string of the molecule is CNC(=O)Cc1csc(NC(=O)[C@@H](CC(C)C)n2cccc2)n1. The molecule has 6 nitrogen and oxygen atoms in total. The van der Waals surface area contributed by atoms with Gasteiger partial charge in [-0.2, -0.15) is 0 Å². The number of likely N-dealkylation sites (N-methyl/N-ethyl adjacent to an activating group) is 1. The minimum atomic E-state index is -0.267. The van der Waals surface area contributed by atoms with E-state index in [0.717, 1.165) is 6.42 Å². The van der Waals surface area contributed by atoms with Crippen LogP contribution in [-0.2, 0) is 16.0 Å². The lowest BCUT2D eigenvalue weighted by molar-refractivity contribution is -0.120. The second-order valence-corrected chi connectivity index (χ2v) is 6.62. The van der Waals surface area contributed by atoms with Crippen molar-refractivity contribution in [1.29, 1.82) is 0 Å². The molecule has 0 aliphatic rings. The van der Waals surface area contributed by atoms with Gasteiger partial charge < -0.3 is 15.2 Å². The van der Waals surface area contributed by atoms with Gasteiger partial charge in [0.05, 0.1) is 12.1 Å². The molecule has 124 valence electrons. The predicted octanol–water partition coefficient (Wildman–Crippen LogP) is 2.46. The van der Waals surface area contributed by atoms with Crippen molar-refractivity contribution in [3.63, 3.8) is 0 Å². The molecule has 23 heavy (non-hydrogen) atoms. The molecule has 0 fully saturated rings. The first-order valence-electron chi connectivity index (χ1n) is 7.58. The molecule has 0 aliphatic carbocycles. The lowest BCUT2D eigenvalue weighted by Gasteiger charge is -2.19. The molecule has 1 atom stereocenters. The average Bonchev–Trinajstić information content (AvgIpc) is 3.16. The largest absolute Gasteiger partial charge is 0.359 e. The predicted molar refractivity (Wildman–Crippen MR) is 91.4 cm³/mol. The molecule has 0 bridgehead atoms. The van der Waals surface area contributed by atoms with Gasteiger partial charge in [-0.3, -0.25) is 9.59 Å². The highest BCUT2D eigenvalue weighted by Gasteiger charge is 2.22. The number of carbonyl (C=O) groups is 2. The minimum absolute atomic E-state index is 0.0873. The average molecular weight is 334 g/mol. The van der Waals surface area contributed by atoms with Crippen LogP contribution in [0, 0.1) is 5.92 Å². The van der Waals surface area contributed by atoms with Gasteiger partial charge in [-0.05, 0) is 24.5 Å². The number of carbonyl (C=O) groups excluding carboxylic acids is 2. The first kappa shape index (κ1) is 17.2. The molecule has 2 amide bonds. The summed E-state index contributed by atoms with van der Waals surface area (Å²) >= 11 is 1.33. The zero-order chi connectivity index (χ0) is 16.8. The summed E-state index contributed by atoms with van der Waals surface area (Å²) in [4.78, 5) is 28.2. The van der Waals surface area contributed by atoms with E-state index in [4.69, 9.17) is 0 Å². The van der Waals surface area contributed by atoms with Gasteiger partial charge in [-0.25, -0.2) is 4.98 Å². The van der Waals surface area contributed by atoms with Gasteiger partial charge in [0.2, 0.25) is 11.8 Å². The Balaban J connectivity index is 2.05. The maximum Gasteiger partial charge on any atom is 0.249 e. The summed E-state index contributed by atoms with van der Waals surface area (Å²) in [6, 6.07) is 3.55. The summed E-state index contributed by atoms with van der Waals surface area (Å²) in [5.74, 6) is 0.210. The topological polar surface area (TPSA) is 76.0 Å². The van der Waals surface area contributed by atoms with E-state index >= 15 is 0 Å². The Morgan fingerprint density at radius 1 is 1.30 bits per heavy atom. The standard InChI is InChI=1S/C16H22N4O2S/c1-11(2)8-13(20-6-4-5-7-20)15(22)19-16-18-12(10-23-16)9-14(21)17-3/h4-7,10-11,13H,8-9H2,1-3H3,(H,17,21)(H,18,19,22)/t13-/m1/s1. The van der Waals surface area contributed by atoms with Gasteiger partial charge in [0.1, 0.15) is 6.04 Å². The highest BCUT2D eigenvalue weighted by atomic mass is 32.1. The quantitative estimate of drug-likeness (QED) is 0.816. The molecule has 2 rings (SSSR count). The molecule has 0 radical (unpaired) electrons. The second kappa shape index (κ2) is 7.92. The summed E-state index contributed by atoms with van der Waals surface area (Å²) in [6.07, 6.45) is 4.75. The van der Waals surface area contributed by atoms with E-state index in [1.165, 1.54) is 11.3 Å². The van der Waals surface area contributed by atoms with Crippen LogP contribution in [0.4, 0.5) is 5.13 Å². The number of amides is 2. The first-order valence-corrected chi connectivity index (χ1v) is 8.46. The smallest absolute Gasteiger partial charge is 0.249 e. The Labute approximate surface area is 139 Å². The third-order valence-corrected chi connectivity index (χ3v) is 4.19. The second-order valence-electron chi connectivity index (χ2n) is 5.76. The van der Waals surface area contributed by atoms with E-state index < -0.39 is 0 Å². The van der Waals surface area contributed by atoms with Crippen LogP contribution in [0.5, 0.6) is 0 Å². The number of nitrogens with zero attached hydrogens (tertiary/aromatic N) is 2. The van der Waals surface area contributed by atoms with Crippen LogP contribution in [0.2, 0.25) is 0 Å². The molecule has 7 heteroatoms. The van der Waals surface area contributed by atoms with Crippen LogP contribution >= 0.6 is 11.3 Å². The Morgan fingerprint density at radius 3 is 2.61 bits per heavy atom. The molecule has 2 heterocycles. The fourth-order valence-corrected chi connectivity index (χ4v) is 2.97. The van der Waals surface area contributed by atoms with Crippen molar-refractivity contribution in [1.82, 2.24) is 14.9 Å². The van der Waals surface area contributed by atoms with E-state index in [9.17, 15) is 9.59 Å². The third-order valence-electron chi connectivity index (χ3n) is 3.39. The van der Waals surface area contributed by atoms with Crippen LogP contribution < -0.4 is 10.6 Å². The van der Waals surface area contributed by atoms with E-state index in [1.807, 2.05) is 29.1 Å². The van der Waals surface area contributed by atoms with Gasteiger partial charge in [-0.1, -0.05) is 13.8 Å². The zero-order valence-corrected chi connectivity index (χ0v) is 14.4. The number of nitrogens with one attached hydrogen (secondary N) is 2. The molecular formula is C16H22N4O2S. The zero-order valence-electron chi connectivity index (χ0n) is 13.6. The van der Waals surface area contributed by atoms with Crippen LogP contribution in [0.1, 0.15) is 32.0 Å². The van der Waals surface area contributed by atoms with Gasteiger partial charge in [0, 0.05) is 24.8 Å². The van der Waals surface area contributed by atoms with Gasteiger partial charge in [-0.15, -0.1) is 11.3 Å². The molecule has 2 aromatic heterocycles. The Kier molecular flexibility index (Phi) is 5.92. The van der Waals surface area contributed by atoms with Crippen molar-refractivity contribution in [2.45, 2.75) is 32.7 Å². The number of hydrogen-bond donors (Lipinski definition) is 2. The Hall–Kier alpha value is -2.15. The summed E-state index contributed by atoms with van der Waals surface area (Å²) in [5, 5.41) is 7.73. The summed E-state index contributed by atoms with van der Waals surface area (Å²) in [7, 11) is 1.59. The van der Waals surface area contributed by atoms with Crippen molar-refractivity contribution < 1.29 is 9.59 Å². The number of rotatable bonds is 7. The summed E-state index contributed by atoms with van der Waals surface area (Å²) < 4.78 is 1.91. The minimum Gasteiger partial charge on any atom is -0.359 e. The van der Waals surface area contributed by atoms with Crippen LogP contribution in [0.3, 0.4) is 0 Å². The maximum atomic E-state index is 12.6. The fourth-order valence-electron chi connectivity index (χ4n) is 2.25. The summed E-state index contributed by atoms with van der Waals surface area (Å²) in [5.41, 5.74) is 0.658. The highest BCUT2D eigenvalue weighted by Crippen LogP contribution is 2.22. The van der Waals surface area contributed by atoms with E-state index in [0.29, 0.717) is 16.7 Å². The normalized spacial score (nSPS) is 12.2. The van der Waals surface area contributed by atoms with Crippen LogP contribution in [-0.4, -0.2) is 28.4 Å². The van der Waals surface area contributed by atoms with Crippen molar-refractivity contribution in [2.75, 3.05) is 12.4 Å². The molecule has 2 N–H and O–H groups in total. The molecule has 0 aromatic carbocycles. The Bertz CT molecular complexity index is 649. The van der Waals surface area contributed by atoms with Gasteiger partial charge in [0.15, 0.2) is 5.13 Å². The van der Waals surface area contributed by atoms with Gasteiger partial charge >= 0.3 is 0 Å². The van der Waals surface area contributed by atoms with Crippen LogP contribution in [0.25, 0.3) is 0 Å². The Morgan fingerprint density at radius 2 is 2.00 bits per heavy atom. The van der Waals surface area contributed by atoms with E-state index in [2.05, 4.69) is 29.5 Å². The van der Waals surface area contributed by atoms with E-state index in [1.54, 1.807) is 12.4 Å². The van der Waals surface area contributed by atoms with Crippen molar-refractivity contribution >= 4 is 28.3 Å². The molecule has 2 aromatic rings. The molecule has 0 saturated carbocycles. The van der Waals surface area contributed by atoms with Crippen LogP contribution in [0.15, 0.2) is 29.9 Å². The maximum absolute atomic E-state index is 12.6. The molecule has 0 saturated heterocycles. The molecule has 0 unspecified atom stereocenters. The molecule has 0 spiro atoms. The number of aromatic nitrogens is 2. The van der Waals surface area contributed by atoms with E-state index in [-0.39, 0.29) is 24.3 Å². The van der Waals surface area contributed by atoms with Gasteiger partial charge in [0.25, 0.3) is 0 Å². The lowest BCUT2D eigenvalue weighted by Crippen LogP contribution is -2.26. The number of thiazole rings is 1. The summed E-state index contributed by atoms with van der Waals surface area (Å²) in [6.45, 7) is 4.18. The van der Waals surface area contributed by atoms with Crippen molar-refractivity contribution in [3.05, 3.63) is 35.6 Å². The highest BCUT2D eigenvalue weighted by molar-refractivity contribution is 7.13. The lowest BCUT2D eigenvalue weighted by atomic mass is 10.0. The number of hydrogen-bond acceptors (Lipinski definition) is 4. The monoisotopic (exact) mass is 334 g/mol. The molecular weight excluding hydrogens is 312 g/mol. The first-order chi connectivity index (χ1) is 11.0. The third kappa shape index (κ3) is 4.92. The molecule has 0 aliphatic heterocycles. The van der Waals surface area contributed by atoms with Crippen molar-refractivity contribution in [3.8, 4) is 0 Å². The number of anilines is 1.